The van der Waals surface area contributed by atoms with Gasteiger partial charge >= 0.3 is 0 Å². The summed E-state index contributed by atoms with van der Waals surface area (Å²) in [6.45, 7) is 0. The Hall–Kier alpha value is -2.76. The first-order valence-electron chi connectivity index (χ1n) is 5.54. The van der Waals surface area contributed by atoms with Crippen LogP contribution in [0.2, 0.25) is 0 Å². The second-order valence-corrected chi connectivity index (χ2v) is 3.85. The average molecular weight is 256 g/mol. The molecule has 0 saturated heterocycles. The van der Waals surface area contributed by atoms with Gasteiger partial charge in [0.05, 0.1) is 5.56 Å². The normalized spacial score (nSPS) is 10.6. The maximum Gasteiger partial charge on any atom is 0.230 e. The molecule has 0 aliphatic carbocycles. The Morgan fingerprint density at radius 3 is 2.63 bits per heavy atom. The molecule has 0 spiro atoms. The first-order chi connectivity index (χ1) is 9.25. The average Bonchev–Trinajstić information content (AvgIpc) is 2.82. The molecule has 0 amide bonds. The molecule has 19 heavy (non-hydrogen) atoms. The van der Waals surface area contributed by atoms with Crippen LogP contribution in [-0.2, 0) is 0 Å². The van der Waals surface area contributed by atoms with Crippen molar-refractivity contribution < 1.29 is 8.91 Å². The van der Waals surface area contributed by atoms with Crippen LogP contribution in [0.5, 0.6) is 0 Å². The predicted molar refractivity (Wildman–Crippen MR) is 67.3 cm³/mol. The first-order valence-corrected chi connectivity index (χ1v) is 5.54. The highest BCUT2D eigenvalue weighted by Crippen LogP contribution is 2.34. The van der Waals surface area contributed by atoms with E-state index in [9.17, 15) is 4.39 Å². The van der Waals surface area contributed by atoms with E-state index in [1.54, 1.807) is 30.6 Å². The molecule has 0 unspecified atom stereocenters. The smallest absolute Gasteiger partial charge is 0.230 e. The fourth-order valence-electron chi connectivity index (χ4n) is 1.80. The summed E-state index contributed by atoms with van der Waals surface area (Å²) >= 11 is 0. The quantitative estimate of drug-likeness (QED) is 0.762. The Morgan fingerprint density at radius 2 is 1.89 bits per heavy atom. The van der Waals surface area contributed by atoms with Gasteiger partial charge in [0, 0.05) is 12.4 Å². The van der Waals surface area contributed by atoms with Gasteiger partial charge in [-0.25, -0.2) is 14.4 Å². The number of nitrogens with two attached hydrogens (primary N) is 1. The first kappa shape index (κ1) is 11.3. The van der Waals surface area contributed by atoms with Gasteiger partial charge in [0.25, 0.3) is 0 Å². The molecule has 0 bridgehead atoms. The van der Waals surface area contributed by atoms with Crippen LogP contribution in [0.15, 0.2) is 47.2 Å². The summed E-state index contributed by atoms with van der Waals surface area (Å²) in [7, 11) is 0. The molecular formula is C13H9FN4O. The van der Waals surface area contributed by atoms with Crippen LogP contribution < -0.4 is 5.73 Å². The number of nitrogens with zero attached hydrogens (tertiary/aromatic N) is 3. The Labute approximate surface area is 107 Å². The van der Waals surface area contributed by atoms with Crippen LogP contribution in [0, 0.1) is 5.82 Å². The molecule has 5 nitrogen and oxygen atoms in total. The van der Waals surface area contributed by atoms with E-state index in [1.807, 2.05) is 0 Å². The van der Waals surface area contributed by atoms with Gasteiger partial charge in [-0.1, -0.05) is 17.3 Å². The van der Waals surface area contributed by atoms with Gasteiger partial charge in [-0.2, -0.15) is 0 Å². The van der Waals surface area contributed by atoms with Crippen LogP contribution in [-0.4, -0.2) is 15.1 Å². The molecule has 2 heterocycles. The van der Waals surface area contributed by atoms with Crippen LogP contribution in [0.4, 0.5) is 10.3 Å². The van der Waals surface area contributed by atoms with Crippen molar-refractivity contribution in [3.05, 3.63) is 48.5 Å². The Balaban J connectivity index is 2.20. The Bertz CT molecular complexity index is 712. The molecule has 1 aromatic carbocycles. The standard InChI is InChI=1S/C13H9FN4O/c14-9-4-1-3-8(7-9)10-11(18-19-12(10)15)13-16-5-2-6-17-13/h1-7H,15H2. The molecule has 6 heteroatoms. The summed E-state index contributed by atoms with van der Waals surface area (Å²) in [5, 5.41) is 3.84. The highest BCUT2D eigenvalue weighted by molar-refractivity contribution is 5.84. The molecule has 0 atom stereocenters. The molecule has 94 valence electrons. The van der Waals surface area contributed by atoms with Crippen molar-refractivity contribution in [2.45, 2.75) is 0 Å². The zero-order chi connectivity index (χ0) is 13.2. The van der Waals surface area contributed by atoms with E-state index < -0.39 is 0 Å². The number of nitrogen functional groups attached to an aromatic ring is 1. The number of halogens is 1. The molecule has 0 saturated carbocycles. The van der Waals surface area contributed by atoms with Gasteiger partial charge in [0.15, 0.2) is 11.5 Å². The number of rotatable bonds is 2. The fraction of sp³-hybridized carbons (Fsp3) is 0. The van der Waals surface area contributed by atoms with Gasteiger partial charge < -0.3 is 10.3 Å². The predicted octanol–water partition coefficient (Wildman–Crippen LogP) is 2.52. The minimum atomic E-state index is -0.363. The molecular weight excluding hydrogens is 247 g/mol. The molecule has 3 aromatic rings. The number of anilines is 1. The zero-order valence-electron chi connectivity index (χ0n) is 9.75. The van der Waals surface area contributed by atoms with Crippen LogP contribution in [0.3, 0.4) is 0 Å². The van der Waals surface area contributed by atoms with Crippen molar-refractivity contribution in [2.75, 3.05) is 5.73 Å². The van der Waals surface area contributed by atoms with E-state index in [1.165, 1.54) is 12.1 Å². The molecule has 3 rings (SSSR count). The minimum absolute atomic E-state index is 0.105. The topological polar surface area (TPSA) is 77.8 Å². The van der Waals surface area contributed by atoms with E-state index in [4.69, 9.17) is 10.3 Å². The van der Waals surface area contributed by atoms with Crippen LogP contribution in [0.1, 0.15) is 0 Å². The van der Waals surface area contributed by atoms with E-state index >= 15 is 0 Å². The van der Waals surface area contributed by atoms with Crippen molar-refractivity contribution >= 4 is 5.88 Å². The summed E-state index contributed by atoms with van der Waals surface area (Å²) in [6.07, 6.45) is 3.17. The van der Waals surface area contributed by atoms with Gasteiger partial charge in [0.2, 0.25) is 5.88 Å². The molecule has 0 radical (unpaired) electrons. The number of hydrogen-bond donors (Lipinski definition) is 1. The Kier molecular flexibility index (Phi) is 2.68. The van der Waals surface area contributed by atoms with E-state index in [0.717, 1.165) is 0 Å². The third-order valence-corrected chi connectivity index (χ3v) is 2.61. The maximum atomic E-state index is 13.3. The third-order valence-electron chi connectivity index (χ3n) is 2.61. The van der Waals surface area contributed by atoms with Gasteiger partial charge in [-0.15, -0.1) is 0 Å². The number of benzene rings is 1. The second-order valence-electron chi connectivity index (χ2n) is 3.85. The fourth-order valence-corrected chi connectivity index (χ4v) is 1.80. The number of hydrogen-bond acceptors (Lipinski definition) is 5. The molecule has 0 aliphatic heterocycles. The van der Waals surface area contributed by atoms with Crippen molar-refractivity contribution in [3.63, 3.8) is 0 Å². The zero-order valence-corrected chi connectivity index (χ0v) is 9.75. The van der Waals surface area contributed by atoms with Gasteiger partial charge in [-0.3, -0.25) is 0 Å². The summed E-state index contributed by atoms with van der Waals surface area (Å²) in [5.74, 6) is 0.119. The van der Waals surface area contributed by atoms with E-state index in [2.05, 4.69) is 15.1 Å². The van der Waals surface area contributed by atoms with Crippen molar-refractivity contribution in [1.82, 2.24) is 15.1 Å². The third kappa shape index (κ3) is 2.03. The number of aromatic nitrogens is 3. The summed E-state index contributed by atoms with van der Waals surface area (Å²) in [4.78, 5) is 8.18. The Morgan fingerprint density at radius 1 is 1.11 bits per heavy atom. The van der Waals surface area contributed by atoms with Crippen molar-refractivity contribution in [2.24, 2.45) is 0 Å². The monoisotopic (exact) mass is 256 g/mol. The largest absolute Gasteiger partial charge is 0.367 e. The lowest BCUT2D eigenvalue weighted by atomic mass is 10.1. The highest BCUT2D eigenvalue weighted by atomic mass is 19.1. The van der Waals surface area contributed by atoms with E-state index in [0.29, 0.717) is 22.6 Å². The molecule has 2 N–H and O–H groups in total. The SMILES string of the molecule is Nc1onc(-c2ncccn2)c1-c1cccc(F)c1. The van der Waals surface area contributed by atoms with Crippen LogP contribution >= 0.6 is 0 Å². The lowest BCUT2D eigenvalue weighted by molar-refractivity contribution is 0.439. The molecule has 0 aliphatic rings. The van der Waals surface area contributed by atoms with Crippen molar-refractivity contribution in [1.29, 1.82) is 0 Å². The van der Waals surface area contributed by atoms with Gasteiger partial charge in [-0.05, 0) is 23.8 Å². The molecule has 0 fully saturated rings. The minimum Gasteiger partial charge on any atom is -0.367 e. The summed E-state index contributed by atoms with van der Waals surface area (Å²) < 4.78 is 18.3. The summed E-state index contributed by atoms with van der Waals surface area (Å²) in [6, 6.07) is 7.71. The second kappa shape index (κ2) is 4.49. The summed E-state index contributed by atoms with van der Waals surface area (Å²) in [5.41, 5.74) is 7.21. The van der Waals surface area contributed by atoms with Crippen LogP contribution in [0.25, 0.3) is 22.6 Å². The van der Waals surface area contributed by atoms with Gasteiger partial charge in [0.1, 0.15) is 5.82 Å². The van der Waals surface area contributed by atoms with Crippen molar-refractivity contribution in [3.8, 4) is 22.6 Å². The molecule has 2 aromatic heterocycles. The maximum absolute atomic E-state index is 13.3. The lowest BCUT2D eigenvalue weighted by Crippen LogP contribution is -1.92. The van der Waals surface area contributed by atoms with E-state index in [-0.39, 0.29) is 11.7 Å². The highest BCUT2D eigenvalue weighted by Gasteiger charge is 2.19. The lowest BCUT2D eigenvalue weighted by Gasteiger charge is -2.01.